The highest BCUT2D eigenvalue weighted by molar-refractivity contribution is 7.71. The van der Waals surface area contributed by atoms with Crippen LogP contribution in [0.25, 0.3) is 11.0 Å². The van der Waals surface area contributed by atoms with Gasteiger partial charge >= 0.3 is 0 Å². The van der Waals surface area contributed by atoms with Crippen molar-refractivity contribution >= 4 is 35.7 Å². The summed E-state index contributed by atoms with van der Waals surface area (Å²) in [5, 5.41) is 13.3. The number of β-amino-alcohol motifs (C(OH)–C–C–N with tert-alkyl or cyclic N) is 1. The number of aromatic nitrogens is 2. The van der Waals surface area contributed by atoms with Gasteiger partial charge in [0.2, 0.25) is 0 Å². The van der Waals surface area contributed by atoms with E-state index in [1.54, 1.807) is 0 Å². The van der Waals surface area contributed by atoms with Gasteiger partial charge in [-0.25, -0.2) is 0 Å². The predicted octanol–water partition coefficient (Wildman–Crippen LogP) is 3.39. The number of aryl methyl sites for hydroxylation is 2. The Bertz CT molecular complexity index is 718. The molecule has 5 nitrogen and oxygen atoms in total. The van der Waals surface area contributed by atoms with Crippen LogP contribution in [0.2, 0.25) is 0 Å². The lowest BCUT2D eigenvalue weighted by atomic mass is 10.1. The van der Waals surface area contributed by atoms with Gasteiger partial charge in [-0.3, -0.25) is 0 Å². The Labute approximate surface area is 148 Å². The quantitative estimate of drug-likeness (QED) is 0.617. The number of benzene rings is 1. The van der Waals surface area contributed by atoms with Crippen LogP contribution in [0.1, 0.15) is 31.9 Å². The summed E-state index contributed by atoms with van der Waals surface area (Å²) in [6.45, 7) is 11.0. The molecule has 0 saturated carbocycles. The first kappa shape index (κ1) is 20.0. The molecule has 0 radical (unpaired) electrons. The van der Waals surface area contributed by atoms with E-state index < -0.39 is 6.10 Å². The molecule has 0 fully saturated rings. The lowest BCUT2D eigenvalue weighted by Crippen LogP contribution is -2.42. The van der Waals surface area contributed by atoms with E-state index in [1.165, 1.54) is 0 Å². The number of imidazole rings is 1. The Kier molecular flexibility index (Phi) is 6.65. The maximum Gasteiger partial charge on any atom is 0.175 e. The van der Waals surface area contributed by atoms with Gasteiger partial charge < -0.3 is 25.1 Å². The normalized spacial score (nSPS) is 13.0. The Morgan fingerprint density at radius 3 is 2.48 bits per heavy atom. The summed E-state index contributed by atoms with van der Waals surface area (Å²) in [5.41, 5.74) is 4.05. The number of halogens is 1. The minimum absolute atomic E-state index is 0. The lowest BCUT2D eigenvalue weighted by molar-refractivity contribution is 0.101. The largest absolute Gasteiger partial charge is 0.489 e. The average molecular weight is 360 g/mol. The molecular weight excluding hydrogens is 334 g/mol. The van der Waals surface area contributed by atoms with Crippen LogP contribution in [0.3, 0.4) is 0 Å². The number of nitrogens with one attached hydrogen (secondary N) is 3. The van der Waals surface area contributed by atoms with Crippen molar-refractivity contribution in [3.05, 3.63) is 22.0 Å². The van der Waals surface area contributed by atoms with E-state index in [0.29, 0.717) is 17.1 Å². The highest BCUT2D eigenvalue weighted by Crippen LogP contribution is 2.28. The Morgan fingerprint density at radius 2 is 1.87 bits per heavy atom. The maximum absolute atomic E-state index is 10.0. The van der Waals surface area contributed by atoms with Crippen molar-refractivity contribution in [1.82, 2.24) is 15.3 Å². The summed E-state index contributed by atoms with van der Waals surface area (Å²) in [7, 11) is 0. The molecule has 0 aliphatic carbocycles. The van der Waals surface area contributed by atoms with E-state index in [9.17, 15) is 5.11 Å². The molecule has 130 valence electrons. The molecule has 0 aliphatic rings. The number of hydrogen-bond acceptors (Lipinski definition) is 4. The van der Waals surface area contributed by atoms with Gasteiger partial charge in [-0.1, -0.05) is 0 Å². The van der Waals surface area contributed by atoms with Crippen molar-refractivity contribution in [2.24, 2.45) is 0 Å². The summed E-state index contributed by atoms with van der Waals surface area (Å²) < 4.78 is 6.38. The van der Waals surface area contributed by atoms with Crippen LogP contribution < -0.4 is 10.1 Å². The van der Waals surface area contributed by atoms with Crippen LogP contribution in [0, 0.1) is 18.6 Å². The molecule has 1 heterocycles. The van der Waals surface area contributed by atoms with Crippen molar-refractivity contribution in [2.75, 3.05) is 13.2 Å². The number of aliphatic hydroxyl groups excluding tert-OH is 1. The smallest absolute Gasteiger partial charge is 0.175 e. The first-order valence-electron chi connectivity index (χ1n) is 7.45. The lowest BCUT2D eigenvalue weighted by Gasteiger charge is -2.23. The zero-order valence-electron chi connectivity index (χ0n) is 14.2. The molecule has 0 aliphatic heterocycles. The minimum atomic E-state index is -0.571. The van der Waals surface area contributed by atoms with Crippen LogP contribution in [-0.4, -0.2) is 39.9 Å². The van der Waals surface area contributed by atoms with E-state index in [1.807, 2.05) is 19.9 Å². The molecule has 1 atom stereocenters. The van der Waals surface area contributed by atoms with Crippen molar-refractivity contribution in [3.8, 4) is 5.75 Å². The van der Waals surface area contributed by atoms with Crippen LogP contribution >= 0.6 is 24.6 Å². The van der Waals surface area contributed by atoms with Gasteiger partial charge in [0.15, 0.2) is 4.77 Å². The molecule has 2 rings (SSSR count). The maximum atomic E-state index is 10.0. The van der Waals surface area contributed by atoms with Gasteiger partial charge in [-0.2, -0.15) is 0 Å². The van der Waals surface area contributed by atoms with Gasteiger partial charge in [-0.05, 0) is 64.0 Å². The molecular formula is C16H26ClN3O2S. The van der Waals surface area contributed by atoms with Gasteiger partial charge in [0.05, 0.1) is 5.52 Å². The number of aliphatic hydroxyl groups is 1. The molecule has 7 heteroatoms. The Balaban J connectivity index is 0.00000264. The summed E-state index contributed by atoms with van der Waals surface area (Å²) in [4.78, 5) is 6.26. The summed E-state index contributed by atoms with van der Waals surface area (Å²) >= 11 is 5.17. The number of ether oxygens (including phenoxy) is 1. The molecule has 2 aromatic rings. The Morgan fingerprint density at radius 1 is 1.26 bits per heavy atom. The first-order chi connectivity index (χ1) is 10.2. The highest BCUT2D eigenvalue weighted by atomic mass is 35.5. The zero-order chi connectivity index (χ0) is 16.5. The Hall–Kier alpha value is -1.08. The van der Waals surface area contributed by atoms with E-state index in [2.05, 4.69) is 36.1 Å². The third kappa shape index (κ3) is 5.21. The molecule has 0 amide bonds. The van der Waals surface area contributed by atoms with Crippen LogP contribution in [0.15, 0.2) is 6.07 Å². The molecule has 0 saturated heterocycles. The number of H-pyrrole nitrogens is 2. The molecule has 1 aromatic carbocycles. The second kappa shape index (κ2) is 7.66. The third-order valence-corrected chi connectivity index (χ3v) is 3.79. The second-order valence-electron chi connectivity index (χ2n) is 6.74. The average Bonchev–Trinajstić information content (AvgIpc) is 2.80. The van der Waals surface area contributed by atoms with Crippen LogP contribution in [0.4, 0.5) is 0 Å². The summed E-state index contributed by atoms with van der Waals surface area (Å²) in [6.07, 6.45) is -0.571. The van der Waals surface area contributed by atoms with Gasteiger partial charge in [0, 0.05) is 12.1 Å². The molecule has 0 spiro atoms. The predicted molar refractivity (Wildman–Crippen MR) is 99.5 cm³/mol. The number of hydrogen-bond donors (Lipinski definition) is 4. The van der Waals surface area contributed by atoms with E-state index in [4.69, 9.17) is 17.0 Å². The fraction of sp³-hybridized carbons (Fsp3) is 0.562. The van der Waals surface area contributed by atoms with Crippen molar-refractivity contribution in [2.45, 2.75) is 46.3 Å². The van der Waals surface area contributed by atoms with E-state index in [0.717, 1.165) is 22.2 Å². The zero-order valence-corrected chi connectivity index (χ0v) is 15.9. The molecule has 1 aromatic heterocycles. The summed E-state index contributed by atoms with van der Waals surface area (Å²) in [6, 6.07) is 1.97. The molecule has 23 heavy (non-hydrogen) atoms. The monoisotopic (exact) mass is 359 g/mol. The molecule has 4 N–H and O–H groups in total. The summed E-state index contributed by atoms with van der Waals surface area (Å²) in [5.74, 6) is 0.709. The number of rotatable bonds is 5. The van der Waals surface area contributed by atoms with E-state index in [-0.39, 0.29) is 24.6 Å². The number of aromatic amines is 2. The van der Waals surface area contributed by atoms with Crippen LogP contribution in [0.5, 0.6) is 5.75 Å². The van der Waals surface area contributed by atoms with E-state index >= 15 is 0 Å². The standard InChI is InChI=1S/C16H25N3O2S.ClH/c1-9-6-12(14-13(10(9)2)18-15(22)19-14)21-8-11(20)7-17-16(3,4)5;/h6,11,17,20H,7-8H2,1-5H3,(H2,18,19,22);1H. The topological polar surface area (TPSA) is 73.1 Å². The highest BCUT2D eigenvalue weighted by Gasteiger charge is 2.15. The van der Waals surface area contributed by atoms with Crippen molar-refractivity contribution < 1.29 is 9.84 Å². The van der Waals surface area contributed by atoms with Crippen molar-refractivity contribution in [1.29, 1.82) is 0 Å². The second-order valence-corrected chi connectivity index (χ2v) is 7.15. The number of fused-ring (bicyclic) bond motifs is 1. The fourth-order valence-electron chi connectivity index (χ4n) is 2.21. The first-order valence-corrected chi connectivity index (χ1v) is 7.86. The van der Waals surface area contributed by atoms with Crippen LogP contribution in [-0.2, 0) is 0 Å². The molecule has 0 bridgehead atoms. The van der Waals surface area contributed by atoms with Crippen molar-refractivity contribution in [3.63, 3.8) is 0 Å². The third-order valence-electron chi connectivity index (χ3n) is 3.59. The fourth-order valence-corrected chi connectivity index (χ4v) is 2.41. The van der Waals surface area contributed by atoms with Gasteiger partial charge in [0.25, 0.3) is 0 Å². The molecule has 1 unspecified atom stereocenters. The SMILES string of the molecule is Cc1cc(OCC(O)CNC(C)(C)C)c2[nH]c(=S)[nH]c2c1C.Cl. The minimum Gasteiger partial charge on any atom is -0.489 e. The van der Waals surface area contributed by atoms with Gasteiger partial charge in [0.1, 0.15) is 24.0 Å². The van der Waals surface area contributed by atoms with Gasteiger partial charge in [-0.15, -0.1) is 12.4 Å².